The molecule has 0 atom stereocenters. The van der Waals surface area contributed by atoms with Gasteiger partial charge in [-0.15, -0.1) is 0 Å². The van der Waals surface area contributed by atoms with Crippen LogP contribution in [0.3, 0.4) is 0 Å². The van der Waals surface area contributed by atoms with Crippen molar-refractivity contribution in [3.05, 3.63) is 10.6 Å². The highest BCUT2D eigenvalue weighted by atomic mass is 32.1. The number of thiazole rings is 1. The van der Waals surface area contributed by atoms with E-state index >= 15 is 0 Å². The third-order valence-corrected chi connectivity index (χ3v) is 3.89. The lowest BCUT2D eigenvalue weighted by Crippen LogP contribution is -2.31. The van der Waals surface area contributed by atoms with Gasteiger partial charge in [0, 0.05) is 26.1 Å². The highest BCUT2D eigenvalue weighted by Crippen LogP contribution is 2.23. The van der Waals surface area contributed by atoms with Crippen molar-refractivity contribution in [2.75, 3.05) is 25.5 Å². The van der Waals surface area contributed by atoms with Crippen molar-refractivity contribution in [3.8, 4) is 0 Å². The van der Waals surface area contributed by atoms with Crippen molar-refractivity contribution in [1.29, 1.82) is 0 Å². The predicted molar refractivity (Wildman–Crippen MR) is 75.3 cm³/mol. The fraction of sp³-hybridized carbons (Fsp3) is 0.583. The third-order valence-electron chi connectivity index (χ3n) is 2.77. The van der Waals surface area contributed by atoms with E-state index in [0.29, 0.717) is 17.7 Å². The molecule has 0 aliphatic rings. The summed E-state index contributed by atoms with van der Waals surface area (Å²) >= 11 is 1.08. The Kier molecular flexibility index (Phi) is 5.44. The summed E-state index contributed by atoms with van der Waals surface area (Å²) in [7, 11) is 2.01. The van der Waals surface area contributed by atoms with Gasteiger partial charge in [0.1, 0.15) is 4.88 Å². The van der Waals surface area contributed by atoms with Crippen LogP contribution >= 0.6 is 11.3 Å². The Morgan fingerprint density at radius 1 is 1.47 bits per heavy atom. The van der Waals surface area contributed by atoms with Crippen LogP contribution in [0, 0.1) is 0 Å². The Balaban J connectivity index is 2.67. The number of carboxylic acids is 1. The number of Topliss-reactive ketones (excluding diaryl/α,β-unsaturated/α-hetero) is 1. The Morgan fingerprint density at radius 2 is 2.11 bits per heavy atom. The van der Waals surface area contributed by atoms with Crippen LogP contribution in [-0.4, -0.2) is 52.9 Å². The number of carbonyl (C=O) groups excluding carboxylic acids is 1. The zero-order valence-corrected chi connectivity index (χ0v) is 12.4. The third kappa shape index (κ3) is 4.29. The number of likely N-dealkylation sites (N-methyl/N-ethyl adjacent to an activating group) is 1. The van der Waals surface area contributed by atoms with Gasteiger partial charge in [0.15, 0.2) is 16.6 Å². The lowest BCUT2D eigenvalue weighted by molar-refractivity contribution is 0.0687. The van der Waals surface area contributed by atoms with E-state index in [1.54, 1.807) is 0 Å². The minimum Gasteiger partial charge on any atom is -0.476 e. The summed E-state index contributed by atoms with van der Waals surface area (Å²) < 4.78 is 0. The van der Waals surface area contributed by atoms with E-state index in [1.165, 1.54) is 6.92 Å². The monoisotopic (exact) mass is 285 g/mol. The SMILES string of the molecule is CC(=O)c1sc(NCCN(C)C(C)C)nc1C(=O)O. The topological polar surface area (TPSA) is 82.5 Å². The highest BCUT2D eigenvalue weighted by Gasteiger charge is 2.20. The second-order valence-electron chi connectivity index (χ2n) is 4.56. The molecule has 0 radical (unpaired) electrons. The molecule has 1 aromatic rings. The minimum absolute atomic E-state index is 0.169. The standard InChI is InChI=1S/C12H19N3O3S/c1-7(2)15(4)6-5-13-12-14-9(11(17)18)10(19-12)8(3)16/h7H,5-6H2,1-4H3,(H,13,14)(H,17,18). The molecule has 1 heterocycles. The highest BCUT2D eigenvalue weighted by molar-refractivity contribution is 7.17. The first-order valence-corrected chi connectivity index (χ1v) is 6.83. The van der Waals surface area contributed by atoms with Crippen LogP contribution in [0.2, 0.25) is 0 Å². The quantitative estimate of drug-likeness (QED) is 0.743. The fourth-order valence-corrected chi connectivity index (χ4v) is 2.25. The zero-order valence-electron chi connectivity index (χ0n) is 11.6. The van der Waals surface area contributed by atoms with Crippen LogP contribution in [0.5, 0.6) is 0 Å². The summed E-state index contributed by atoms with van der Waals surface area (Å²) in [4.78, 5) is 28.6. The molecule has 0 aromatic carbocycles. The van der Waals surface area contributed by atoms with Gasteiger partial charge in [-0.3, -0.25) is 4.79 Å². The van der Waals surface area contributed by atoms with Crippen LogP contribution in [0.15, 0.2) is 0 Å². The van der Waals surface area contributed by atoms with E-state index in [4.69, 9.17) is 5.11 Å². The van der Waals surface area contributed by atoms with Crippen LogP contribution in [0.1, 0.15) is 40.9 Å². The molecule has 1 aromatic heterocycles. The van der Waals surface area contributed by atoms with E-state index < -0.39 is 5.97 Å². The number of nitrogens with zero attached hydrogens (tertiary/aromatic N) is 2. The molecule has 106 valence electrons. The van der Waals surface area contributed by atoms with Crippen molar-refractivity contribution >= 4 is 28.2 Å². The van der Waals surface area contributed by atoms with Crippen LogP contribution in [0.25, 0.3) is 0 Å². The van der Waals surface area contributed by atoms with Gasteiger partial charge in [0.2, 0.25) is 0 Å². The largest absolute Gasteiger partial charge is 0.476 e. The molecule has 0 saturated carbocycles. The van der Waals surface area contributed by atoms with Crippen molar-refractivity contribution in [2.45, 2.75) is 26.8 Å². The second-order valence-corrected chi connectivity index (χ2v) is 5.56. The Labute approximate surface area is 116 Å². The van der Waals surface area contributed by atoms with Crippen LogP contribution in [-0.2, 0) is 0 Å². The summed E-state index contributed by atoms with van der Waals surface area (Å²) in [5.41, 5.74) is -0.169. The fourth-order valence-electron chi connectivity index (χ4n) is 1.38. The lowest BCUT2D eigenvalue weighted by atomic mass is 10.3. The van der Waals surface area contributed by atoms with Gasteiger partial charge in [-0.2, -0.15) is 0 Å². The minimum atomic E-state index is -1.17. The number of hydrogen-bond acceptors (Lipinski definition) is 6. The first kappa shape index (κ1) is 15.6. The molecule has 0 fully saturated rings. The van der Waals surface area contributed by atoms with Gasteiger partial charge in [0.05, 0.1) is 0 Å². The smallest absolute Gasteiger partial charge is 0.356 e. The van der Waals surface area contributed by atoms with E-state index in [1.807, 2.05) is 7.05 Å². The summed E-state index contributed by atoms with van der Waals surface area (Å²) in [5, 5.41) is 12.5. The summed E-state index contributed by atoms with van der Waals surface area (Å²) in [6.45, 7) is 7.00. The lowest BCUT2D eigenvalue weighted by Gasteiger charge is -2.20. The molecule has 19 heavy (non-hydrogen) atoms. The van der Waals surface area contributed by atoms with Gasteiger partial charge in [-0.05, 0) is 20.9 Å². The Morgan fingerprint density at radius 3 is 2.53 bits per heavy atom. The number of ketones is 1. The van der Waals surface area contributed by atoms with Crippen LogP contribution in [0.4, 0.5) is 5.13 Å². The van der Waals surface area contributed by atoms with Crippen molar-refractivity contribution in [3.63, 3.8) is 0 Å². The summed E-state index contributed by atoms with van der Waals surface area (Å²) in [6.07, 6.45) is 0. The van der Waals surface area contributed by atoms with E-state index in [0.717, 1.165) is 17.9 Å². The average Bonchev–Trinajstić information content (AvgIpc) is 2.73. The normalized spacial score (nSPS) is 11.1. The number of nitrogens with one attached hydrogen (secondary N) is 1. The predicted octanol–water partition coefficient (Wildman–Crippen LogP) is 1.80. The summed E-state index contributed by atoms with van der Waals surface area (Å²) in [5.74, 6) is -1.45. The number of hydrogen-bond donors (Lipinski definition) is 2. The molecule has 0 aliphatic heterocycles. The maximum Gasteiger partial charge on any atom is 0.356 e. The molecule has 0 bridgehead atoms. The van der Waals surface area contributed by atoms with Crippen LogP contribution < -0.4 is 5.32 Å². The molecule has 0 saturated heterocycles. The molecule has 2 N–H and O–H groups in total. The molecule has 0 spiro atoms. The number of carbonyl (C=O) groups is 2. The molecule has 0 unspecified atom stereocenters. The van der Waals surface area contributed by atoms with Crippen molar-refractivity contribution in [1.82, 2.24) is 9.88 Å². The molecule has 6 nitrogen and oxygen atoms in total. The molecule has 1 rings (SSSR count). The van der Waals surface area contributed by atoms with Gasteiger partial charge in [-0.1, -0.05) is 11.3 Å². The van der Waals surface area contributed by atoms with Gasteiger partial charge in [0.25, 0.3) is 0 Å². The zero-order chi connectivity index (χ0) is 14.6. The molecule has 0 aliphatic carbocycles. The van der Waals surface area contributed by atoms with Gasteiger partial charge >= 0.3 is 5.97 Å². The number of aromatic carboxylic acids is 1. The van der Waals surface area contributed by atoms with Gasteiger partial charge < -0.3 is 15.3 Å². The maximum absolute atomic E-state index is 11.3. The number of carboxylic acid groups (broad SMARTS) is 1. The van der Waals surface area contributed by atoms with Crippen molar-refractivity contribution < 1.29 is 14.7 Å². The summed E-state index contributed by atoms with van der Waals surface area (Å²) in [6, 6.07) is 0.445. The average molecular weight is 285 g/mol. The molecular formula is C12H19N3O3S. The van der Waals surface area contributed by atoms with Gasteiger partial charge in [-0.25, -0.2) is 9.78 Å². The number of rotatable bonds is 7. The van der Waals surface area contributed by atoms with E-state index in [2.05, 4.69) is 29.0 Å². The van der Waals surface area contributed by atoms with E-state index in [-0.39, 0.29) is 16.4 Å². The van der Waals surface area contributed by atoms with Crippen molar-refractivity contribution in [2.24, 2.45) is 0 Å². The maximum atomic E-state index is 11.3. The first-order chi connectivity index (χ1) is 8.82. The Bertz CT molecular complexity index is 439. The number of anilines is 1. The second kappa shape index (κ2) is 6.63. The number of aromatic nitrogens is 1. The first-order valence-electron chi connectivity index (χ1n) is 6.02. The Hall–Kier alpha value is -1.47. The molecule has 0 amide bonds. The van der Waals surface area contributed by atoms with E-state index in [9.17, 15) is 9.59 Å². The molecule has 7 heteroatoms. The molecular weight excluding hydrogens is 266 g/mol.